The third-order valence-corrected chi connectivity index (χ3v) is 2.95. The average Bonchev–Trinajstić information content (AvgIpc) is 2.60. The lowest BCUT2D eigenvalue weighted by molar-refractivity contribution is -0.143. The molecule has 14 heavy (non-hydrogen) atoms. The molecule has 3 heteroatoms. The maximum absolute atomic E-state index is 10.8. The summed E-state index contributed by atoms with van der Waals surface area (Å²) in [6, 6.07) is 0. The van der Waals surface area contributed by atoms with E-state index in [2.05, 4.69) is 6.92 Å². The van der Waals surface area contributed by atoms with Gasteiger partial charge in [0, 0.05) is 6.61 Å². The van der Waals surface area contributed by atoms with Crippen LogP contribution in [0.4, 0.5) is 0 Å². The van der Waals surface area contributed by atoms with Crippen molar-refractivity contribution >= 4 is 5.97 Å². The van der Waals surface area contributed by atoms with Crippen molar-refractivity contribution in [3.8, 4) is 0 Å². The molecule has 2 unspecified atom stereocenters. The van der Waals surface area contributed by atoms with Gasteiger partial charge in [0.2, 0.25) is 0 Å². The predicted octanol–water partition coefficient (Wildman–Crippen LogP) is 2.30. The summed E-state index contributed by atoms with van der Waals surface area (Å²) in [5.74, 6) is -0.549. The van der Waals surface area contributed by atoms with Crippen LogP contribution in [0, 0.1) is 11.8 Å². The van der Waals surface area contributed by atoms with Crippen LogP contribution >= 0.6 is 0 Å². The molecule has 0 radical (unpaired) electrons. The van der Waals surface area contributed by atoms with Crippen LogP contribution < -0.4 is 0 Å². The van der Waals surface area contributed by atoms with Gasteiger partial charge >= 0.3 is 5.97 Å². The van der Waals surface area contributed by atoms with Crippen molar-refractivity contribution in [3.05, 3.63) is 0 Å². The fourth-order valence-electron chi connectivity index (χ4n) is 2.04. The zero-order valence-electron chi connectivity index (χ0n) is 8.87. The Morgan fingerprint density at radius 1 is 1.50 bits per heavy atom. The third kappa shape index (κ3) is 3.29. The van der Waals surface area contributed by atoms with Gasteiger partial charge in [-0.15, -0.1) is 0 Å². The smallest absolute Gasteiger partial charge is 0.306 e. The van der Waals surface area contributed by atoms with E-state index in [1.165, 1.54) is 0 Å². The fraction of sp³-hybridized carbons (Fsp3) is 0.909. The molecule has 0 saturated heterocycles. The SMILES string of the molecule is CCCCOCC1CCCC1C(=O)O. The van der Waals surface area contributed by atoms with Crippen LogP contribution in [-0.2, 0) is 9.53 Å². The number of carboxylic acid groups (broad SMARTS) is 1. The number of unbranched alkanes of at least 4 members (excludes halogenated alkanes) is 1. The maximum Gasteiger partial charge on any atom is 0.306 e. The molecule has 0 heterocycles. The van der Waals surface area contributed by atoms with E-state index in [4.69, 9.17) is 9.84 Å². The summed E-state index contributed by atoms with van der Waals surface area (Å²) in [5, 5.41) is 8.93. The summed E-state index contributed by atoms with van der Waals surface area (Å²) in [6.07, 6.45) is 5.09. The number of aliphatic carboxylic acids is 1. The molecule has 0 aromatic heterocycles. The molecule has 2 atom stereocenters. The Morgan fingerprint density at radius 2 is 2.29 bits per heavy atom. The van der Waals surface area contributed by atoms with Crippen molar-refractivity contribution in [2.75, 3.05) is 13.2 Å². The standard InChI is InChI=1S/C11H20O3/c1-2-3-7-14-8-9-5-4-6-10(9)11(12)13/h9-10H,2-8H2,1H3,(H,12,13). The minimum Gasteiger partial charge on any atom is -0.481 e. The summed E-state index contributed by atoms with van der Waals surface area (Å²) in [6.45, 7) is 3.54. The molecule has 1 saturated carbocycles. The molecule has 1 N–H and O–H groups in total. The number of rotatable bonds is 6. The lowest BCUT2D eigenvalue weighted by Gasteiger charge is -2.15. The summed E-state index contributed by atoms with van der Waals surface area (Å²) >= 11 is 0. The highest BCUT2D eigenvalue weighted by molar-refractivity contribution is 5.70. The van der Waals surface area contributed by atoms with E-state index in [0.29, 0.717) is 6.61 Å². The van der Waals surface area contributed by atoms with E-state index in [-0.39, 0.29) is 11.8 Å². The van der Waals surface area contributed by atoms with Crippen LogP contribution in [0.3, 0.4) is 0 Å². The van der Waals surface area contributed by atoms with Crippen molar-refractivity contribution < 1.29 is 14.6 Å². The Morgan fingerprint density at radius 3 is 2.93 bits per heavy atom. The van der Waals surface area contributed by atoms with Crippen molar-refractivity contribution in [3.63, 3.8) is 0 Å². The molecule has 0 spiro atoms. The van der Waals surface area contributed by atoms with Crippen LogP contribution in [0.25, 0.3) is 0 Å². The van der Waals surface area contributed by atoms with Gasteiger partial charge < -0.3 is 9.84 Å². The van der Waals surface area contributed by atoms with Gasteiger partial charge in [0.05, 0.1) is 12.5 Å². The molecule has 0 aromatic rings. The van der Waals surface area contributed by atoms with Gasteiger partial charge in [0.15, 0.2) is 0 Å². The van der Waals surface area contributed by atoms with Gasteiger partial charge in [0.1, 0.15) is 0 Å². The van der Waals surface area contributed by atoms with Gasteiger partial charge in [-0.05, 0) is 25.2 Å². The fourth-order valence-corrected chi connectivity index (χ4v) is 2.04. The van der Waals surface area contributed by atoms with Crippen LogP contribution in [0.5, 0.6) is 0 Å². The number of ether oxygens (including phenoxy) is 1. The minimum absolute atomic E-state index is 0.156. The van der Waals surface area contributed by atoms with Crippen LogP contribution in [0.15, 0.2) is 0 Å². The van der Waals surface area contributed by atoms with Crippen LogP contribution in [0.1, 0.15) is 39.0 Å². The van der Waals surface area contributed by atoms with Gasteiger partial charge in [-0.1, -0.05) is 19.8 Å². The van der Waals surface area contributed by atoms with Gasteiger partial charge in [-0.25, -0.2) is 0 Å². The molecule has 1 fully saturated rings. The summed E-state index contributed by atoms with van der Waals surface area (Å²) < 4.78 is 5.48. The molecule has 0 aromatic carbocycles. The van der Waals surface area contributed by atoms with Crippen molar-refractivity contribution in [1.29, 1.82) is 0 Å². The molecule has 1 aliphatic carbocycles. The first-order valence-electron chi connectivity index (χ1n) is 5.56. The molecule has 0 bridgehead atoms. The highest BCUT2D eigenvalue weighted by Crippen LogP contribution is 2.31. The van der Waals surface area contributed by atoms with Crippen molar-refractivity contribution in [1.82, 2.24) is 0 Å². The van der Waals surface area contributed by atoms with Gasteiger partial charge in [-0.3, -0.25) is 4.79 Å². The molecular weight excluding hydrogens is 180 g/mol. The van der Waals surface area contributed by atoms with E-state index in [0.717, 1.165) is 38.7 Å². The largest absolute Gasteiger partial charge is 0.481 e. The first-order chi connectivity index (χ1) is 6.75. The van der Waals surface area contributed by atoms with E-state index in [1.54, 1.807) is 0 Å². The first kappa shape index (κ1) is 11.5. The van der Waals surface area contributed by atoms with Crippen molar-refractivity contribution in [2.45, 2.75) is 39.0 Å². The second-order valence-electron chi connectivity index (χ2n) is 4.06. The topological polar surface area (TPSA) is 46.5 Å². The highest BCUT2D eigenvalue weighted by Gasteiger charge is 2.32. The Kier molecular flexibility index (Phi) is 4.94. The molecule has 3 nitrogen and oxygen atoms in total. The number of carbonyl (C=O) groups is 1. The minimum atomic E-state index is -0.647. The van der Waals surface area contributed by atoms with E-state index >= 15 is 0 Å². The second kappa shape index (κ2) is 6.02. The second-order valence-corrected chi connectivity index (χ2v) is 4.06. The Hall–Kier alpha value is -0.570. The molecule has 0 amide bonds. The lowest BCUT2D eigenvalue weighted by Crippen LogP contribution is -2.22. The van der Waals surface area contributed by atoms with E-state index in [1.807, 2.05) is 0 Å². The Bertz CT molecular complexity index is 179. The van der Waals surface area contributed by atoms with Crippen LogP contribution in [0.2, 0.25) is 0 Å². The summed E-state index contributed by atoms with van der Waals surface area (Å²) in [5.41, 5.74) is 0. The van der Waals surface area contributed by atoms with E-state index in [9.17, 15) is 4.79 Å². The number of carboxylic acids is 1. The lowest BCUT2D eigenvalue weighted by atomic mass is 9.97. The molecular formula is C11H20O3. The third-order valence-electron chi connectivity index (χ3n) is 2.95. The molecule has 1 rings (SSSR count). The zero-order chi connectivity index (χ0) is 10.4. The Balaban J connectivity index is 2.19. The average molecular weight is 200 g/mol. The zero-order valence-corrected chi connectivity index (χ0v) is 8.87. The van der Waals surface area contributed by atoms with Gasteiger partial charge in [-0.2, -0.15) is 0 Å². The van der Waals surface area contributed by atoms with Crippen molar-refractivity contribution in [2.24, 2.45) is 11.8 Å². The normalized spacial score (nSPS) is 26.6. The number of hydrogen-bond donors (Lipinski definition) is 1. The molecule has 1 aliphatic rings. The Labute approximate surface area is 85.5 Å². The maximum atomic E-state index is 10.8. The monoisotopic (exact) mass is 200 g/mol. The van der Waals surface area contributed by atoms with E-state index < -0.39 is 5.97 Å². The molecule has 0 aliphatic heterocycles. The summed E-state index contributed by atoms with van der Waals surface area (Å²) in [4.78, 5) is 10.8. The first-order valence-corrected chi connectivity index (χ1v) is 5.56. The van der Waals surface area contributed by atoms with Gasteiger partial charge in [0.25, 0.3) is 0 Å². The summed E-state index contributed by atoms with van der Waals surface area (Å²) in [7, 11) is 0. The van der Waals surface area contributed by atoms with Crippen LogP contribution in [-0.4, -0.2) is 24.3 Å². The highest BCUT2D eigenvalue weighted by atomic mass is 16.5. The predicted molar refractivity (Wildman–Crippen MR) is 54.2 cm³/mol. The quantitative estimate of drug-likeness (QED) is 0.669. The molecule has 82 valence electrons. The number of hydrogen-bond acceptors (Lipinski definition) is 2.